The second kappa shape index (κ2) is 7.57. The van der Waals surface area contributed by atoms with Gasteiger partial charge in [-0.15, -0.1) is 0 Å². The Balaban J connectivity index is 1.60. The zero-order chi connectivity index (χ0) is 19.1. The molecule has 1 unspecified atom stereocenters. The van der Waals surface area contributed by atoms with Crippen molar-refractivity contribution in [3.8, 4) is 11.3 Å². The third-order valence-corrected chi connectivity index (χ3v) is 6.40. The van der Waals surface area contributed by atoms with E-state index in [0.717, 1.165) is 37.0 Å². The maximum atomic E-state index is 12.1. The van der Waals surface area contributed by atoms with Crippen molar-refractivity contribution in [1.82, 2.24) is 5.16 Å². The number of halogens is 2. The van der Waals surface area contributed by atoms with E-state index in [1.807, 2.05) is 6.07 Å². The summed E-state index contributed by atoms with van der Waals surface area (Å²) in [5.74, 6) is 1.74. The van der Waals surface area contributed by atoms with Crippen LogP contribution in [0.25, 0.3) is 11.3 Å². The first-order valence-corrected chi connectivity index (χ1v) is 10.3. The fourth-order valence-corrected chi connectivity index (χ4v) is 4.97. The van der Waals surface area contributed by atoms with E-state index in [-0.39, 0.29) is 23.9 Å². The number of ether oxygens (including phenoxy) is 1. The lowest BCUT2D eigenvalue weighted by molar-refractivity contribution is -0.130. The van der Waals surface area contributed by atoms with E-state index in [4.69, 9.17) is 32.5 Å². The number of carbonyl (C=O) groups is 1. The molecule has 0 aliphatic heterocycles. The zero-order valence-corrected chi connectivity index (χ0v) is 17.0. The molecule has 6 heteroatoms. The first-order chi connectivity index (χ1) is 13.0. The molecule has 1 heterocycles. The molecular weight excluding hydrogens is 385 g/mol. The molecule has 2 aromatic rings. The van der Waals surface area contributed by atoms with Crippen molar-refractivity contribution < 1.29 is 14.1 Å². The molecule has 0 spiro atoms. The van der Waals surface area contributed by atoms with Gasteiger partial charge >= 0.3 is 0 Å². The van der Waals surface area contributed by atoms with Crippen LogP contribution in [-0.2, 0) is 16.1 Å². The normalized spacial score (nSPS) is 24.8. The number of nitrogens with zero attached hydrogens (tertiary/aromatic N) is 1. The summed E-state index contributed by atoms with van der Waals surface area (Å²) in [6.45, 7) is 4.50. The minimum absolute atomic E-state index is 0.102. The largest absolute Gasteiger partial charge is 0.373 e. The molecule has 4 rings (SSSR count). The van der Waals surface area contributed by atoms with Crippen molar-refractivity contribution in [3.05, 3.63) is 39.6 Å². The molecule has 2 saturated carbocycles. The first kappa shape index (κ1) is 19.0. The molecule has 2 bridgehead atoms. The molecule has 1 aromatic heterocycles. The highest BCUT2D eigenvalue weighted by Crippen LogP contribution is 2.42. The number of rotatable bonds is 5. The summed E-state index contributed by atoms with van der Waals surface area (Å²) in [5.41, 5.74) is 2.21. The van der Waals surface area contributed by atoms with Gasteiger partial charge in [0, 0.05) is 28.9 Å². The second-order valence-electron chi connectivity index (χ2n) is 7.90. The highest BCUT2D eigenvalue weighted by molar-refractivity contribution is 6.39. The first-order valence-electron chi connectivity index (χ1n) is 9.53. The van der Waals surface area contributed by atoms with Crippen molar-refractivity contribution in [2.24, 2.45) is 11.8 Å². The number of aromatic nitrogens is 1. The van der Waals surface area contributed by atoms with Crippen LogP contribution in [0, 0.1) is 11.8 Å². The molecule has 2 fully saturated rings. The minimum Gasteiger partial charge on any atom is -0.373 e. The molecule has 0 amide bonds. The summed E-state index contributed by atoms with van der Waals surface area (Å²) in [4.78, 5) is 12.1. The van der Waals surface area contributed by atoms with Crippen LogP contribution in [0.3, 0.4) is 0 Å². The summed E-state index contributed by atoms with van der Waals surface area (Å²) < 4.78 is 11.9. The maximum Gasteiger partial charge on any atom is 0.145 e. The van der Waals surface area contributed by atoms with Gasteiger partial charge in [-0.05, 0) is 37.8 Å². The predicted molar refractivity (Wildman–Crippen MR) is 105 cm³/mol. The number of ketones is 1. The summed E-state index contributed by atoms with van der Waals surface area (Å²) >= 11 is 12.8. The zero-order valence-electron chi connectivity index (χ0n) is 15.5. The Morgan fingerprint density at radius 2 is 1.81 bits per heavy atom. The third-order valence-electron chi connectivity index (χ3n) is 5.77. The van der Waals surface area contributed by atoms with Crippen LogP contribution in [0.2, 0.25) is 10.0 Å². The maximum absolute atomic E-state index is 12.1. The van der Waals surface area contributed by atoms with E-state index in [1.54, 1.807) is 12.1 Å². The molecule has 0 radical (unpaired) electrons. The molecule has 0 N–H and O–H groups in total. The highest BCUT2D eigenvalue weighted by Gasteiger charge is 2.42. The van der Waals surface area contributed by atoms with Crippen LogP contribution in [-0.4, -0.2) is 17.0 Å². The molecule has 1 aromatic carbocycles. The minimum atomic E-state index is 0.102. The number of Topliss-reactive ketones (excluding diaryl/α,β-unsaturated/α-hetero) is 1. The molecule has 0 saturated heterocycles. The second-order valence-corrected chi connectivity index (χ2v) is 8.72. The Hall–Kier alpha value is -1.36. The molecule has 3 atom stereocenters. The van der Waals surface area contributed by atoms with Gasteiger partial charge in [0.2, 0.25) is 0 Å². The van der Waals surface area contributed by atoms with Gasteiger partial charge in [0.1, 0.15) is 17.2 Å². The lowest BCUT2D eigenvalue weighted by Gasteiger charge is -2.27. The Labute approximate surface area is 169 Å². The monoisotopic (exact) mass is 407 g/mol. The van der Waals surface area contributed by atoms with Gasteiger partial charge < -0.3 is 9.26 Å². The van der Waals surface area contributed by atoms with E-state index < -0.39 is 0 Å². The SMILES string of the molecule is CC(C)c1onc(-c2c(Cl)cccc2Cl)c1CO[C@H]1CC2CC[C@@H](C1)C2=O. The van der Waals surface area contributed by atoms with E-state index in [0.29, 0.717) is 33.7 Å². The van der Waals surface area contributed by atoms with Gasteiger partial charge in [-0.25, -0.2) is 0 Å². The average molecular weight is 408 g/mol. The number of hydrogen-bond donors (Lipinski definition) is 0. The molecule has 27 heavy (non-hydrogen) atoms. The van der Waals surface area contributed by atoms with Crippen molar-refractivity contribution in [1.29, 1.82) is 0 Å². The fourth-order valence-electron chi connectivity index (χ4n) is 4.39. The van der Waals surface area contributed by atoms with Gasteiger partial charge in [0.15, 0.2) is 0 Å². The lowest BCUT2D eigenvalue weighted by atomic mass is 9.86. The van der Waals surface area contributed by atoms with Crippen LogP contribution >= 0.6 is 23.2 Å². The van der Waals surface area contributed by atoms with Crippen molar-refractivity contribution in [2.75, 3.05) is 0 Å². The Morgan fingerprint density at radius 1 is 1.19 bits per heavy atom. The van der Waals surface area contributed by atoms with E-state index in [1.165, 1.54) is 0 Å². The van der Waals surface area contributed by atoms with E-state index >= 15 is 0 Å². The Kier molecular flexibility index (Phi) is 5.32. The molecule has 144 valence electrons. The fraction of sp³-hybridized carbons (Fsp3) is 0.524. The van der Waals surface area contributed by atoms with Gasteiger partial charge in [0.25, 0.3) is 0 Å². The standard InChI is InChI=1S/C21H23Cl2NO3/c1-11(2)21-15(10-26-14-8-12-6-7-13(9-14)20(12)25)19(24-27-21)18-16(22)4-3-5-17(18)23/h3-5,11-14H,6-10H2,1-2H3/t12-,13?,14+/m0/s1. The summed E-state index contributed by atoms with van der Waals surface area (Å²) in [6.07, 6.45) is 3.76. The number of benzene rings is 1. The number of fused-ring (bicyclic) bond motifs is 2. The topological polar surface area (TPSA) is 52.3 Å². The number of carbonyl (C=O) groups excluding carboxylic acids is 1. The smallest absolute Gasteiger partial charge is 0.145 e. The van der Waals surface area contributed by atoms with E-state index in [9.17, 15) is 4.79 Å². The molecular formula is C21H23Cl2NO3. The van der Waals surface area contributed by atoms with Gasteiger partial charge in [0.05, 0.1) is 22.8 Å². The van der Waals surface area contributed by atoms with Gasteiger partial charge in [-0.1, -0.05) is 48.3 Å². The molecule has 2 aliphatic carbocycles. The van der Waals surface area contributed by atoms with E-state index in [2.05, 4.69) is 19.0 Å². The average Bonchev–Trinajstić information content (AvgIpc) is 3.10. The van der Waals surface area contributed by atoms with Crippen molar-refractivity contribution >= 4 is 29.0 Å². The number of hydrogen-bond acceptors (Lipinski definition) is 4. The van der Waals surface area contributed by atoms with Crippen molar-refractivity contribution in [2.45, 2.75) is 58.2 Å². The molecule has 4 nitrogen and oxygen atoms in total. The van der Waals surface area contributed by atoms with Crippen molar-refractivity contribution in [3.63, 3.8) is 0 Å². The summed E-state index contributed by atoms with van der Waals surface area (Å²) in [7, 11) is 0. The Bertz CT molecular complexity index is 825. The summed E-state index contributed by atoms with van der Waals surface area (Å²) in [6, 6.07) is 5.39. The van der Waals surface area contributed by atoms with Crippen LogP contribution in [0.1, 0.15) is 56.8 Å². The highest BCUT2D eigenvalue weighted by atomic mass is 35.5. The lowest BCUT2D eigenvalue weighted by Crippen LogP contribution is -2.31. The van der Waals surface area contributed by atoms with Gasteiger partial charge in [-0.3, -0.25) is 4.79 Å². The van der Waals surface area contributed by atoms with Gasteiger partial charge in [-0.2, -0.15) is 0 Å². The van der Waals surface area contributed by atoms with Crippen LogP contribution in [0.5, 0.6) is 0 Å². The Morgan fingerprint density at radius 3 is 2.41 bits per heavy atom. The summed E-state index contributed by atoms with van der Waals surface area (Å²) in [5, 5.41) is 5.34. The van der Waals surface area contributed by atoms with Crippen LogP contribution in [0.4, 0.5) is 0 Å². The quantitative estimate of drug-likeness (QED) is 0.605. The predicted octanol–water partition coefficient (Wildman–Crippen LogP) is 6.05. The van der Waals surface area contributed by atoms with Crippen LogP contribution in [0.15, 0.2) is 22.7 Å². The third kappa shape index (κ3) is 3.55. The van der Waals surface area contributed by atoms with Crippen LogP contribution < -0.4 is 0 Å². The molecule has 2 aliphatic rings.